The van der Waals surface area contributed by atoms with Crippen LogP contribution in [0.25, 0.3) is 16.3 Å². The number of rotatable bonds is 4. The van der Waals surface area contributed by atoms with Crippen molar-refractivity contribution in [2.45, 2.75) is 6.42 Å². The van der Waals surface area contributed by atoms with Crippen molar-refractivity contribution >= 4 is 28.6 Å². The Morgan fingerprint density at radius 1 is 1.07 bits per heavy atom. The van der Waals surface area contributed by atoms with Gasteiger partial charge in [-0.25, -0.2) is 4.68 Å². The number of non-ortho nitro benzene ring substituents is 1. The molecule has 30 heavy (non-hydrogen) atoms. The van der Waals surface area contributed by atoms with Gasteiger partial charge in [0.05, 0.1) is 21.2 Å². The first-order valence-corrected chi connectivity index (χ1v) is 10.3. The van der Waals surface area contributed by atoms with E-state index in [-0.39, 0.29) is 11.6 Å². The van der Waals surface area contributed by atoms with Crippen molar-refractivity contribution in [3.63, 3.8) is 0 Å². The Hall–Kier alpha value is -3.78. The first-order valence-electron chi connectivity index (χ1n) is 9.40. The molecule has 0 fully saturated rings. The third-order valence-electron chi connectivity index (χ3n) is 5.12. The first-order chi connectivity index (χ1) is 14.6. The third kappa shape index (κ3) is 3.07. The topological polar surface area (TPSA) is 81.3 Å². The number of nitrogens with zero attached hydrogens (tertiary/aromatic N) is 4. The summed E-state index contributed by atoms with van der Waals surface area (Å²) < 4.78 is 1.65. The zero-order valence-electron chi connectivity index (χ0n) is 15.8. The summed E-state index contributed by atoms with van der Waals surface area (Å²) >= 11 is 1.56. The van der Waals surface area contributed by atoms with Gasteiger partial charge in [0.1, 0.15) is 11.4 Å². The second kappa shape index (κ2) is 7.23. The number of anilines is 1. The lowest BCUT2D eigenvalue weighted by Crippen LogP contribution is -2.30. The van der Waals surface area contributed by atoms with Gasteiger partial charge in [-0.05, 0) is 41.6 Å². The van der Waals surface area contributed by atoms with Crippen molar-refractivity contribution in [2.75, 3.05) is 11.4 Å². The summed E-state index contributed by atoms with van der Waals surface area (Å²) in [7, 11) is 0. The molecule has 0 spiro atoms. The Morgan fingerprint density at radius 2 is 1.90 bits per heavy atom. The van der Waals surface area contributed by atoms with Gasteiger partial charge in [0.25, 0.3) is 11.6 Å². The molecule has 8 heteroatoms. The maximum absolute atomic E-state index is 13.6. The number of carbonyl (C=O) groups is 1. The van der Waals surface area contributed by atoms with E-state index in [0.29, 0.717) is 24.3 Å². The summed E-state index contributed by atoms with van der Waals surface area (Å²) in [6.45, 7) is 0.476. The molecule has 1 aliphatic rings. The molecule has 0 unspecified atom stereocenters. The van der Waals surface area contributed by atoms with E-state index < -0.39 is 4.92 Å². The van der Waals surface area contributed by atoms with Gasteiger partial charge in [0.15, 0.2) is 0 Å². The highest BCUT2D eigenvalue weighted by atomic mass is 32.1. The SMILES string of the molecule is O=C(c1cc(-c2cccs2)nn1-c1ccccc1)N1CCc2ccc([N+](=O)[O-])cc21. The fourth-order valence-corrected chi connectivity index (χ4v) is 4.36. The number of hydrogen-bond donors (Lipinski definition) is 0. The van der Waals surface area contributed by atoms with E-state index in [0.717, 1.165) is 21.8 Å². The maximum atomic E-state index is 13.6. The number of nitro benzene ring substituents is 1. The first kappa shape index (κ1) is 18.3. The highest BCUT2D eigenvalue weighted by molar-refractivity contribution is 7.13. The van der Waals surface area contributed by atoms with E-state index >= 15 is 0 Å². The molecular weight excluding hydrogens is 400 g/mol. The van der Waals surface area contributed by atoms with Crippen LogP contribution < -0.4 is 4.90 Å². The maximum Gasteiger partial charge on any atom is 0.277 e. The molecule has 7 nitrogen and oxygen atoms in total. The van der Waals surface area contributed by atoms with Crippen molar-refractivity contribution in [2.24, 2.45) is 0 Å². The van der Waals surface area contributed by atoms with Gasteiger partial charge in [0, 0.05) is 18.7 Å². The number of nitro groups is 1. The predicted molar refractivity (Wildman–Crippen MR) is 115 cm³/mol. The molecule has 148 valence electrons. The van der Waals surface area contributed by atoms with Crippen molar-refractivity contribution in [3.05, 3.63) is 93.5 Å². The van der Waals surface area contributed by atoms with Crippen LogP contribution in [0.5, 0.6) is 0 Å². The fraction of sp³-hybridized carbons (Fsp3) is 0.0909. The van der Waals surface area contributed by atoms with E-state index in [2.05, 4.69) is 5.10 Å². The van der Waals surface area contributed by atoms with Gasteiger partial charge in [-0.3, -0.25) is 14.9 Å². The summed E-state index contributed by atoms with van der Waals surface area (Å²) in [6, 6.07) is 19.9. The largest absolute Gasteiger partial charge is 0.306 e. The molecule has 5 rings (SSSR count). The normalized spacial score (nSPS) is 12.7. The zero-order valence-corrected chi connectivity index (χ0v) is 16.6. The Labute approximate surface area is 176 Å². The minimum absolute atomic E-state index is 0.0238. The van der Waals surface area contributed by atoms with Crippen LogP contribution in [0.15, 0.2) is 72.1 Å². The van der Waals surface area contributed by atoms with Gasteiger partial charge < -0.3 is 4.90 Å². The van der Waals surface area contributed by atoms with E-state index in [1.807, 2.05) is 47.8 Å². The van der Waals surface area contributed by atoms with E-state index in [1.165, 1.54) is 12.1 Å². The Bertz CT molecular complexity index is 1250. The van der Waals surface area contributed by atoms with Crippen molar-refractivity contribution in [1.82, 2.24) is 9.78 Å². The summed E-state index contributed by atoms with van der Waals surface area (Å²) in [4.78, 5) is 26.9. The number of carbonyl (C=O) groups excluding carboxylic acids is 1. The summed E-state index contributed by atoms with van der Waals surface area (Å²) in [5.74, 6) is -0.228. The zero-order chi connectivity index (χ0) is 20.7. The van der Waals surface area contributed by atoms with Crippen molar-refractivity contribution < 1.29 is 9.72 Å². The molecule has 3 heterocycles. The Balaban J connectivity index is 1.60. The standard InChI is InChI=1S/C22H16N4O3S/c27-22(24-11-10-15-8-9-17(26(28)29)13-19(15)24)20-14-18(21-7-4-12-30-21)23-25(20)16-5-2-1-3-6-16/h1-9,12-14H,10-11H2. The number of aromatic nitrogens is 2. The lowest BCUT2D eigenvalue weighted by atomic mass is 10.1. The minimum atomic E-state index is -0.440. The van der Waals surface area contributed by atoms with Gasteiger partial charge in [-0.1, -0.05) is 30.3 Å². The molecule has 4 aromatic rings. The quantitative estimate of drug-likeness (QED) is 0.356. The molecule has 1 aliphatic heterocycles. The smallest absolute Gasteiger partial charge is 0.277 e. The molecule has 0 saturated heterocycles. The highest BCUT2D eigenvalue weighted by Gasteiger charge is 2.30. The number of fused-ring (bicyclic) bond motifs is 1. The molecule has 0 bridgehead atoms. The van der Waals surface area contributed by atoms with Crippen LogP contribution in [0.3, 0.4) is 0 Å². The van der Waals surface area contributed by atoms with Gasteiger partial charge in [0.2, 0.25) is 0 Å². The summed E-state index contributed by atoms with van der Waals surface area (Å²) in [5.41, 5.74) is 3.41. The van der Waals surface area contributed by atoms with Gasteiger partial charge in [-0.2, -0.15) is 5.10 Å². The molecule has 0 radical (unpaired) electrons. The van der Waals surface area contributed by atoms with Crippen molar-refractivity contribution in [3.8, 4) is 16.3 Å². The third-order valence-corrected chi connectivity index (χ3v) is 6.02. The number of amides is 1. The molecule has 1 amide bonds. The second-order valence-corrected chi connectivity index (χ2v) is 7.86. The van der Waals surface area contributed by atoms with E-state index in [1.54, 1.807) is 33.1 Å². The monoisotopic (exact) mass is 416 g/mol. The number of thiophene rings is 1. The van der Waals surface area contributed by atoms with E-state index in [4.69, 9.17) is 0 Å². The van der Waals surface area contributed by atoms with Crippen LogP contribution in [0, 0.1) is 10.1 Å². The molecule has 0 atom stereocenters. The van der Waals surface area contributed by atoms with Gasteiger partial charge >= 0.3 is 0 Å². The molecule has 2 aromatic heterocycles. The fourth-order valence-electron chi connectivity index (χ4n) is 3.67. The van der Waals surface area contributed by atoms with Crippen LogP contribution in [0.2, 0.25) is 0 Å². The van der Waals surface area contributed by atoms with E-state index in [9.17, 15) is 14.9 Å². The Kier molecular flexibility index (Phi) is 4.40. The average Bonchev–Trinajstić information content (AvgIpc) is 3.52. The van der Waals surface area contributed by atoms with Crippen LogP contribution in [0.4, 0.5) is 11.4 Å². The Morgan fingerprint density at radius 3 is 2.63 bits per heavy atom. The molecule has 0 aliphatic carbocycles. The predicted octanol–water partition coefficient (Wildman–Crippen LogP) is 4.71. The van der Waals surface area contributed by atoms with Crippen LogP contribution >= 0.6 is 11.3 Å². The lowest BCUT2D eigenvalue weighted by molar-refractivity contribution is -0.384. The minimum Gasteiger partial charge on any atom is -0.306 e. The molecule has 0 saturated carbocycles. The number of para-hydroxylation sites is 1. The second-order valence-electron chi connectivity index (χ2n) is 6.92. The van der Waals surface area contributed by atoms with Gasteiger partial charge in [-0.15, -0.1) is 11.3 Å². The molecule has 0 N–H and O–H groups in total. The molecule has 2 aromatic carbocycles. The average molecular weight is 416 g/mol. The number of hydrogen-bond acceptors (Lipinski definition) is 5. The van der Waals surface area contributed by atoms with Crippen LogP contribution in [-0.4, -0.2) is 27.2 Å². The highest BCUT2D eigenvalue weighted by Crippen LogP contribution is 2.34. The van der Waals surface area contributed by atoms with Crippen LogP contribution in [0.1, 0.15) is 16.1 Å². The molecular formula is C22H16N4O3S. The summed E-state index contributed by atoms with van der Waals surface area (Å²) in [6.07, 6.45) is 0.663. The summed E-state index contributed by atoms with van der Waals surface area (Å²) in [5, 5.41) is 17.9. The van der Waals surface area contributed by atoms with Crippen LogP contribution in [-0.2, 0) is 6.42 Å². The lowest BCUT2D eigenvalue weighted by Gasteiger charge is -2.18. The number of benzene rings is 2. The van der Waals surface area contributed by atoms with Crippen molar-refractivity contribution in [1.29, 1.82) is 0 Å².